The van der Waals surface area contributed by atoms with Crippen LogP contribution < -0.4 is 0 Å². The molecular formula is C13H15NS. The highest BCUT2D eigenvalue weighted by Crippen LogP contribution is 2.19. The maximum absolute atomic E-state index is 5.30. The van der Waals surface area contributed by atoms with Gasteiger partial charge in [-0.2, -0.15) is 0 Å². The molecule has 2 heteroatoms. The number of rotatable bonds is 1. The summed E-state index contributed by atoms with van der Waals surface area (Å²) >= 11 is 5.30. The molecular weight excluding hydrogens is 202 g/mol. The Hall–Kier alpha value is -1.15. The molecule has 0 saturated carbocycles. The monoisotopic (exact) mass is 217 g/mol. The van der Waals surface area contributed by atoms with Crippen molar-refractivity contribution in [1.29, 1.82) is 0 Å². The van der Waals surface area contributed by atoms with Crippen LogP contribution in [0.3, 0.4) is 0 Å². The van der Waals surface area contributed by atoms with Crippen LogP contribution in [0.25, 0.3) is 10.9 Å². The summed E-state index contributed by atoms with van der Waals surface area (Å²) < 4.78 is 0.869. The zero-order valence-electron chi connectivity index (χ0n) is 9.35. The average molecular weight is 217 g/mol. The second-order valence-corrected chi connectivity index (χ2v) is 4.41. The molecule has 1 aromatic carbocycles. The van der Waals surface area contributed by atoms with Crippen LogP contribution in [0.2, 0.25) is 0 Å². The molecule has 0 spiro atoms. The van der Waals surface area contributed by atoms with Gasteiger partial charge in [0.15, 0.2) is 0 Å². The van der Waals surface area contributed by atoms with Crippen molar-refractivity contribution in [3.63, 3.8) is 0 Å². The molecule has 0 unspecified atom stereocenters. The highest BCUT2D eigenvalue weighted by atomic mass is 32.1. The number of aromatic amines is 1. The molecule has 0 aliphatic carbocycles. The molecule has 1 heterocycles. The van der Waals surface area contributed by atoms with Crippen molar-refractivity contribution in [2.75, 3.05) is 0 Å². The zero-order chi connectivity index (χ0) is 11.0. The van der Waals surface area contributed by atoms with Gasteiger partial charge in [0.2, 0.25) is 0 Å². The van der Waals surface area contributed by atoms with E-state index in [9.17, 15) is 0 Å². The standard InChI is InChI=1S/C13H15NS/c1-4-10-7-11-5-8(2)9(3)6-12(11)14-13(10)15/h5-7H,4H2,1-3H3,(H,14,15). The van der Waals surface area contributed by atoms with Gasteiger partial charge in [-0.1, -0.05) is 19.1 Å². The smallest absolute Gasteiger partial charge is 0.106 e. The maximum Gasteiger partial charge on any atom is 0.106 e. The summed E-state index contributed by atoms with van der Waals surface area (Å²) in [6, 6.07) is 6.58. The summed E-state index contributed by atoms with van der Waals surface area (Å²) in [7, 11) is 0. The Morgan fingerprint density at radius 3 is 2.47 bits per heavy atom. The summed E-state index contributed by atoms with van der Waals surface area (Å²) in [5.41, 5.74) is 4.99. The van der Waals surface area contributed by atoms with E-state index in [0.717, 1.165) is 16.6 Å². The third kappa shape index (κ3) is 1.82. The minimum Gasteiger partial charge on any atom is -0.346 e. The fourth-order valence-corrected chi connectivity index (χ4v) is 2.10. The normalized spacial score (nSPS) is 10.9. The quantitative estimate of drug-likeness (QED) is 0.712. The van der Waals surface area contributed by atoms with Gasteiger partial charge in [-0.05, 0) is 60.5 Å². The van der Waals surface area contributed by atoms with Crippen LogP contribution in [0.1, 0.15) is 23.6 Å². The molecule has 0 bridgehead atoms. The van der Waals surface area contributed by atoms with E-state index < -0.39 is 0 Å². The molecule has 0 fully saturated rings. The SMILES string of the molecule is CCc1cc2cc(C)c(C)cc2[nH]c1=S. The van der Waals surface area contributed by atoms with Crippen LogP contribution in [-0.4, -0.2) is 4.98 Å². The summed E-state index contributed by atoms with van der Waals surface area (Å²) in [5, 5.41) is 1.25. The van der Waals surface area contributed by atoms with E-state index in [1.165, 1.54) is 22.1 Å². The lowest BCUT2D eigenvalue weighted by Crippen LogP contribution is -1.90. The first-order valence-corrected chi connectivity index (χ1v) is 5.66. The summed E-state index contributed by atoms with van der Waals surface area (Å²) in [6.45, 7) is 6.40. The van der Waals surface area contributed by atoms with Gasteiger partial charge in [0.1, 0.15) is 4.64 Å². The van der Waals surface area contributed by atoms with Gasteiger partial charge in [-0.15, -0.1) is 0 Å². The van der Waals surface area contributed by atoms with Crippen molar-refractivity contribution in [1.82, 2.24) is 4.98 Å². The number of fused-ring (bicyclic) bond motifs is 1. The van der Waals surface area contributed by atoms with Crippen LogP contribution in [0.5, 0.6) is 0 Å². The summed E-state index contributed by atoms with van der Waals surface area (Å²) in [6.07, 6.45) is 0.984. The average Bonchev–Trinajstić information content (AvgIpc) is 2.20. The van der Waals surface area contributed by atoms with Crippen LogP contribution in [-0.2, 0) is 6.42 Å². The van der Waals surface area contributed by atoms with Crippen molar-refractivity contribution in [3.05, 3.63) is 39.5 Å². The number of pyridine rings is 1. The number of nitrogens with one attached hydrogen (secondary N) is 1. The number of benzene rings is 1. The second kappa shape index (κ2) is 3.78. The molecule has 78 valence electrons. The van der Waals surface area contributed by atoms with Gasteiger partial charge >= 0.3 is 0 Å². The second-order valence-electron chi connectivity index (χ2n) is 4.00. The Morgan fingerprint density at radius 1 is 1.13 bits per heavy atom. The van der Waals surface area contributed by atoms with Crippen LogP contribution in [0.4, 0.5) is 0 Å². The fraction of sp³-hybridized carbons (Fsp3) is 0.308. The van der Waals surface area contributed by atoms with Gasteiger partial charge in [0.05, 0.1) is 0 Å². The lowest BCUT2D eigenvalue weighted by Gasteiger charge is -2.06. The van der Waals surface area contributed by atoms with E-state index in [0.29, 0.717) is 0 Å². The highest BCUT2D eigenvalue weighted by Gasteiger charge is 2.00. The zero-order valence-corrected chi connectivity index (χ0v) is 10.2. The number of hydrogen-bond acceptors (Lipinski definition) is 1. The third-order valence-corrected chi connectivity index (χ3v) is 3.28. The fourth-order valence-electron chi connectivity index (χ4n) is 1.78. The molecule has 0 aliphatic rings. The van der Waals surface area contributed by atoms with Crippen molar-refractivity contribution >= 4 is 23.1 Å². The summed E-state index contributed by atoms with van der Waals surface area (Å²) in [4.78, 5) is 3.29. The topological polar surface area (TPSA) is 15.8 Å². The number of H-pyrrole nitrogens is 1. The third-order valence-electron chi connectivity index (χ3n) is 2.92. The molecule has 0 saturated heterocycles. The number of aromatic nitrogens is 1. The van der Waals surface area contributed by atoms with Gasteiger partial charge in [0.25, 0.3) is 0 Å². The van der Waals surface area contributed by atoms with E-state index in [1.807, 2.05) is 0 Å². The van der Waals surface area contributed by atoms with Crippen molar-refractivity contribution < 1.29 is 0 Å². The summed E-state index contributed by atoms with van der Waals surface area (Å²) in [5.74, 6) is 0. The molecule has 2 aromatic rings. The highest BCUT2D eigenvalue weighted by molar-refractivity contribution is 7.71. The minimum atomic E-state index is 0.869. The Balaban J connectivity index is 2.82. The lowest BCUT2D eigenvalue weighted by atomic mass is 10.0. The predicted octanol–water partition coefficient (Wildman–Crippen LogP) is 4.08. The first kappa shape index (κ1) is 10.4. The maximum atomic E-state index is 5.30. The van der Waals surface area contributed by atoms with E-state index in [4.69, 9.17) is 12.2 Å². The van der Waals surface area contributed by atoms with E-state index >= 15 is 0 Å². The van der Waals surface area contributed by atoms with Crippen LogP contribution in [0, 0.1) is 18.5 Å². The van der Waals surface area contributed by atoms with Crippen LogP contribution in [0.15, 0.2) is 18.2 Å². The van der Waals surface area contributed by atoms with E-state index in [2.05, 4.69) is 44.0 Å². The van der Waals surface area contributed by atoms with Crippen molar-refractivity contribution in [3.8, 4) is 0 Å². The largest absolute Gasteiger partial charge is 0.346 e. The molecule has 2 rings (SSSR count). The van der Waals surface area contributed by atoms with Gasteiger partial charge in [0, 0.05) is 5.52 Å². The Morgan fingerprint density at radius 2 is 1.80 bits per heavy atom. The number of aryl methyl sites for hydroxylation is 3. The van der Waals surface area contributed by atoms with Gasteiger partial charge < -0.3 is 4.98 Å². The molecule has 1 N–H and O–H groups in total. The Kier molecular flexibility index (Phi) is 2.61. The molecule has 1 aromatic heterocycles. The molecule has 1 nitrogen and oxygen atoms in total. The van der Waals surface area contributed by atoms with E-state index in [-0.39, 0.29) is 0 Å². The number of hydrogen-bond donors (Lipinski definition) is 1. The van der Waals surface area contributed by atoms with Crippen LogP contribution >= 0.6 is 12.2 Å². The molecule has 0 radical (unpaired) electrons. The van der Waals surface area contributed by atoms with E-state index in [1.54, 1.807) is 0 Å². The molecule has 15 heavy (non-hydrogen) atoms. The van der Waals surface area contributed by atoms with Gasteiger partial charge in [-0.25, -0.2) is 0 Å². The Bertz CT molecular complexity index is 566. The Labute approximate surface area is 95.2 Å². The lowest BCUT2D eigenvalue weighted by molar-refractivity contribution is 1.11. The minimum absolute atomic E-state index is 0.869. The van der Waals surface area contributed by atoms with Crippen molar-refractivity contribution in [2.24, 2.45) is 0 Å². The van der Waals surface area contributed by atoms with Gasteiger partial charge in [-0.3, -0.25) is 0 Å². The predicted molar refractivity (Wildman–Crippen MR) is 68.0 cm³/mol. The van der Waals surface area contributed by atoms with Crippen molar-refractivity contribution in [2.45, 2.75) is 27.2 Å². The first-order chi connectivity index (χ1) is 7.11. The molecule has 0 atom stereocenters. The first-order valence-electron chi connectivity index (χ1n) is 5.25. The molecule has 0 aliphatic heterocycles. The molecule has 0 amide bonds.